The van der Waals surface area contributed by atoms with Gasteiger partial charge in [-0.2, -0.15) is 4.98 Å². The third-order valence-corrected chi connectivity index (χ3v) is 4.47. The Balaban J connectivity index is 1.39. The molecule has 7 heteroatoms. The Morgan fingerprint density at radius 3 is 2.96 bits per heavy atom. The molecule has 1 amide bonds. The van der Waals surface area contributed by atoms with Gasteiger partial charge in [0, 0.05) is 37.0 Å². The fourth-order valence-electron chi connectivity index (χ4n) is 3.21. The zero-order valence-electron chi connectivity index (χ0n) is 13.7. The number of hydrogen-bond acceptors (Lipinski definition) is 6. The second-order valence-corrected chi connectivity index (χ2v) is 6.06. The predicted octanol–water partition coefficient (Wildman–Crippen LogP) is 2.96. The number of carbonyl (C=O) groups is 1. The maximum absolute atomic E-state index is 12.5. The van der Waals surface area contributed by atoms with Gasteiger partial charge in [-0.3, -0.25) is 9.78 Å². The van der Waals surface area contributed by atoms with E-state index < -0.39 is 0 Å². The molecule has 128 valence electrons. The molecule has 0 N–H and O–H groups in total. The molecule has 1 saturated heterocycles. The SMILES string of the molecule is O=C(c1ccco1)N1CCCC1CCc1noc(-c2ccncc2)n1. The molecule has 3 aromatic heterocycles. The van der Waals surface area contributed by atoms with Crippen LogP contribution >= 0.6 is 0 Å². The summed E-state index contributed by atoms with van der Waals surface area (Å²) in [5.41, 5.74) is 0.851. The maximum atomic E-state index is 12.5. The minimum absolute atomic E-state index is 0.0434. The van der Waals surface area contributed by atoms with Crippen LogP contribution in [-0.4, -0.2) is 38.5 Å². The van der Waals surface area contributed by atoms with E-state index in [1.54, 1.807) is 24.5 Å². The number of likely N-dealkylation sites (tertiary alicyclic amines) is 1. The molecule has 1 unspecified atom stereocenters. The van der Waals surface area contributed by atoms with Crippen molar-refractivity contribution in [3.05, 3.63) is 54.5 Å². The van der Waals surface area contributed by atoms with Gasteiger partial charge in [0.25, 0.3) is 11.8 Å². The average molecular weight is 338 g/mol. The highest BCUT2D eigenvalue weighted by Crippen LogP contribution is 2.24. The topological polar surface area (TPSA) is 85.3 Å². The first kappa shape index (κ1) is 15.6. The Labute approximate surface area is 144 Å². The van der Waals surface area contributed by atoms with Crippen LogP contribution in [0.3, 0.4) is 0 Å². The predicted molar refractivity (Wildman–Crippen MR) is 88.6 cm³/mol. The fraction of sp³-hybridized carbons (Fsp3) is 0.333. The highest BCUT2D eigenvalue weighted by atomic mass is 16.5. The van der Waals surface area contributed by atoms with Crippen molar-refractivity contribution in [2.75, 3.05) is 6.54 Å². The van der Waals surface area contributed by atoms with Gasteiger partial charge in [0.2, 0.25) is 0 Å². The third kappa shape index (κ3) is 3.31. The monoisotopic (exact) mass is 338 g/mol. The molecule has 7 nitrogen and oxygen atoms in total. The van der Waals surface area contributed by atoms with Gasteiger partial charge in [-0.05, 0) is 43.5 Å². The Morgan fingerprint density at radius 1 is 1.28 bits per heavy atom. The quantitative estimate of drug-likeness (QED) is 0.711. The van der Waals surface area contributed by atoms with Crippen LogP contribution in [0.25, 0.3) is 11.5 Å². The van der Waals surface area contributed by atoms with Gasteiger partial charge in [0.1, 0.15) is 0 Å². The summed E-state index contributed by atoms with van der Waals surface area (Å²) >= 11 is 0. The van der Waals surface area contributed by atoms with Gasteiger partial charge in [-0.15, -0.1) is 0 Å². The molecule has 4 heterocycles. The molecule has 1 aliphatic rings. The van der Waals surface area contributed by atoms with Gasteiger partial charge in [-0.1, -0.05) is 5.16 Å². The number of carbonyl (C=O) groups excluding carboxylic acids is 1. The van der Waals surface area contributed by atoms with E-state index in [2.05, 4.69) is 15.1 Å². The van der Waals surface area contributed by atoms with Crippen LogP contribution in [-0.2, 0) is 6.42 Å². The van der Waals surface area contributed by atoms with Crippen LogP contribution in [0.5, 0.6) is 0 Å². The van der Waals surface area contributed by atoms with Crippen molar-refractivity contribution in [2.24, 2.45) is 0 Å². The first-order chi connectivity index (χ1) is 12.3. The van der Waals surface area contributed by atoms with Gasteiger partial charge in [-0.25, -0.2) is 0 Å². The number of furan rings is 1. The normalized spacial score (nSPS) is 17.1. The lowest BCUT2D eigenvalue weighted by molar-refractivity contribution is 0.0698. The second-order valence-electron chi connectivity index (χ2n) is 6.06. The molecule has 1 fully saturated rings. The summed E-state index contributed by atoms with van der Waals surface area (Å²) in [5, 5.41) is 4.04. The van der Waals surface area contributed by atoms with E-state index >= 15 is 0 Å². The molecular weight excluding hydrogens is 320 g/mol. The van der Waals surface area contributed by atoms with Crippen molar-refractivity contribution in [3.63, 3.8) is 0 Å². The van der Waals surface area contributed by atoms with Crippen molar-refractivity contribution in [3.8, 4) is 11.5 Å². The summed E-state index contributed by atoms with van der Waals surface area (Å²) in [5.74, 6) is 1.50. The summed E-state index contributed by atoms with van der Waals surface area (Å²) in [6.45, 7) is 0.763. The van der Waals surface area contributed by atoms with E-state index in [0.29, 0.717) is 23.9 Å². The van der Waals surface area contributed by atoms with Crippen molar-refractivity contribution >= 4 is 5.91 Å². The summed E-state index contributed by atoms with van der Waals surface area (Å²) < 4.78 is 10.5. The lowest BCUT2D eigenvalue weighted by Crippen LogP contribution is -2.35. The molecule has 0 aromatic carbocycles. The Kier molecular flexibility index (Phi) is 4.28. The molecule has 0 saturated carbocycles. The van der Waals surface area contributed by atoms with Crippen LogP contribution in [0.15, 0.2) is 51.9 Å². The number of amides is 1. The van der Waals surface area contributed by atoms with Crippen molar-refractivity contribution in [1.29, 1.82) is 0 Å². The molecule has 0 spiro atoms. The second kappa shape index (κ2) is 6.88. The molecule has 0 bridgehead atoms. The summed E-state index contributed by atoms with van der Waals surface area (Å²) in [6.07, 6.45) is 8.38. The highest BCUT2D eigenvalue weighted by molar-refractivity contribution is 5.91. The smallest absolute Gasteiger partial charge is 0.289 e. The maximum Gasteiger partial charge on any atom is 0.289 e. The molecule has 3 aromatic rings. The van der Waals surface area contributed by atoms with E-state index in [0.717, 1.165) is 31.4 Å². The van der Waals surface area contributed by atoms with Gasteiger partial charge in [0.15, 0.2) is 11.6 Å². The fourth-order valence-corrected chi connectivity index (χ4v) is 3.21. The van der Waals surface area contributed by atoms with Gasteiger partial charge in [0.05, 0.1) is 6.26 Å². The van der Waals surface area contributed by atoms with Crippen LogP contribution in [0.2, 0.25) is 0 Å². The minimum Gasteiger partial charge on any atom is -0.459 e. The van der Waals surface area contributed by atoms with Gasteiger partial charge < -0.3 is 13.8 Å². The molecule has 1 aliphatic heterocycles. The average Bonchev–Trinajstić information content (AvgIpc) is 3.41. The summed E-state index contributed by atoms with van der Waals surface area (Å²) in [4.78, 5) is 22.8. The molecule has 4 rings (SSSR count). The van der Waals surface area contributed by atoms with Crippen molar-refractivity contribution in [1.82, 2.24) is 20.0 Å². The van der Waals surface area contributed by atoms with Crippen molar-refractivity contribution in [2.45, 2.75) is 31.7 Å². The van der Waals surface area contributed by atoms with Gasteiger partial charge >= 0.3 is 0 Å². The highest BCUT2D eigenvalue weighted by Gasteiger charge is 2.30. The standard InChI is InChI=1S/C18H18N4O3/c23-18(15-4-2-12-24-15)22-11-1-3-14(22)5-6-16-20-17(25-21-16)13-7-9-19-10-8-13/h2,4,7-10,12,14H,1,3,5-6,11H2. The van der Waals surface area contributed by atoms with E-state index in [4.69, 9.17) is 8.94 Å². The Hall–Kier alpha value is -2.96. The van der Waals surface area contributed by atoms with E-state index in [-0.39, 0.29) is 11.9 Å². The number of aryl methyl sites for hydroxylation is 1. The summed E-state index contributed by atoms with van der Waals surface area (Å²) in [7, 11) is 0. The molecule has 0 aliphatic carbocycles. The van der Waals surface area contributed by atoms with Crippen LogP contribution < -0.4 is 0 Å². The zero-order valence-corrected chi connectivity index (χ0v) is 13.7. The third-order valence-electron chi connectivity index (χ3n) is 4.47. The molecule has 25 heavy (non-hydrogen) atoms. The number of rotatable bonds is 5. The van der Waals surface area contributed by atoms with E-state index in [9.17, 15) is 4.79 Å². The first-order valence-electron chi connectivity index (χ1n) is 8.39. The Bertz CT molecular complexity index is 829. The van der Waals surface area contributed by atoms with Crippen LogP contribution in [0.1, 0.15) is 35.6 Å². The lowest BCUT2D eigenvalue weighted by atomic mass is 10.1. The Morgan fingerprint density at radius 2 is 2.16 bits per heavy atom. The number of aromatic nitrogens is 3. The minimum atomic E-state index is -0.0434. The lowest BCUT2D eigenvalue weighted by Gasteiger charge is -2.23. The number of pyridine rings is 1. The van der Waals surface area contributed by atoms with Crippen LogP contribution in [0.4, 0.5) is 0 Å². The number of nitrogens with zero attached hydrogens (tertiary/aromatic N) is 4. The largest absolute Gasteiger partial charge is 0.459 e. The van der Waals surface area contributed by atoms with E-state index in [1.165, 1.54) is 6.26 Å². The molecular formula is C18H18N4O3. The first-order valence-corrected chi connectivity index (χ1v) is 8.39. The zero-order chi connectivity index (χ0) is 17.1. The molecule has 0 radical (unpaired) electrons. The summed E-state index contributed by atoms with van der Waals surface area (Å²) in [6, 6.07) is 7.28. The number of hydrogen-bond donors (Lipinski definition) is 0. The van der Waals surface area contributed by atoms with Crippen LogP contribution in [0, 0.1) is 0 Å². The molecule has 1 atom stereocenters. The van der Waals surface area contributed by atoms with Crippen molar-refractivity contribution < 1.29 is 13.7 Å². The van der Waals surface area contributed by atoms with E-state index in [1.807, 2.05) is 17.0 Å².